The highest BCUT2D eigenvalue weighted by Crippen LogP contribution is 2.24. The van der Waals surface area contributed by atoms with Gasteiger partial charge in [-0.15, -0.1) is 0 Å². The molecule has 0 radical (unpaired) electrons. The Morgan fingerprint density at radius 3 is 2.27 bits per heavy atom. The minimum absolute atomic E-state index is 0.400. The Labute approximate surface area is 88.5 Å². The maximum atomic E-state index is 11.4. The number of carbonyl (C=O) groups is 1. The molecule has 0 bridgehead atoms. The molecule has 0 amide bonds. The van der Waals surface area contributed by atoms with Crippen LogP contribution in [0.2, 0.25) is 0 Å². The van der Waals surface area contributed by atoms with Gasteiger partial charge in [0.25, 0.3) is 0 Å². The van der Waals surface area contributed by atoms with Gasteiger partial charge in [0, 0.05) is 6.26 Å². The first-order valence-corrected chi connectivity index (χ1v) is 6.32. The molecule has 1 N–H and O–H groups in total. The van der Waals surface area contributed by atoms with Gasteiger partial charge >= 0.3 is 5.97 Å². The van der Waals surface area contributed by atoms with Gasteiger partial charge in [-0.25, -0.2) is 8.42 Å². The van der Waals surface area contributed by atoms with E-state index in [2.05, 4.69) is 0 Å². The van der Waals surface area contributed by atoms with E-state index in [1.807, 2.05) is 0 Å². The van der Waals surface area contributed by atoms with Crippen LogP contribution in [-0.4, -0.2) is 25.7 Å². The van der Waals surface area contributed by atoms with E-state index in [0.717, 1.165) is 6.26 Å². The number of carboxylic acids is 1. The molecule has 1 aromatic rings. The first-order chi connectivity index (χ1) is 6.91. The second-order valence-electron chi connectivity index (χ2n) is 3.33. The standard InChI is InChI=1S/C10H12O4S/c1-15(13,14)9(7-10(11)12)8-5-3-2-4-6-8/h2-6,9H,7H2,1H3,(H,11,12). The minimum Gasteiger partial charge on any atom is -0.481 e. The van der Waals surface area contributed by atoms with Gasteiger partial charge in [-0.1, -0.05) is 30.3 Å². The molecular weight excluding hydrogens is 216 g/mol. The van der Waals surface area contributed by atoms with E-state index in [9.17, 15) is 13.2 Å². The van der Waals surface area contributed by atoms with E-state index < -0.39 is 27.5 Å². The summed E-state index contributed by atoms with van der Waals surface area (Å²) in [6, 6.07) is 8.37. The van der Waals surface area contributed by atoms with Crippen LogP contribution in [0.4, 0.5) is 0 Å². The number of aliphatic carboxylic acids is 1. The Hall–Kier alpha value is -1.36. The van der Waals surface area contributed by atoms with Crippen LogP contribution in [0.25, 0.3) is 0 Å². The van der Waals surface area contributed by atoms with E-state index in [4.69, 9.17) is 5.11 Å². The molecule has 0 aromatic heterocycles. The number of rotatable bonds is 4. The highest BCUT2D eigenvalue weighted by Gasteiger charge is 2.25. The fourth-order valence-electron chi connectivity index (χ4n) is 1.34. The normalized spacial score (nSPS) is 13.4. The predicted octanol–water partition coefficient (Wildman–Crippen LogP) is 1.25. The van der Waals surface area contributed by atoms with Crippen molar-refractivity contribution in [3.63, 3.8) is 0 Å². The third-order valence-electron chi connectivity index (χ3n) is 2.05. The summed E-state index contributed by atoms with van der Waals surface area (Å²) in [5.74, 6) is -1.12. The minimum atomic E-state index is -3.39. The summed E-state index contributed by atoms with van der Waals surface area (Å²) in [5.41, 5.74) is 0.516. The van der Waals surface area contributed by atoms with E-state index >= 15 is 0 Å². The van der Waals surface area contributed by atoms with E-state index in [1.165, 1.54) is 0 Å². The van der Waals surface area contributed by atoms with Gasteiger partial charge in [0.05, 0.1) is 11.7 Å². The summed E-state index contributed by atoms with van der Waals surface area (Å²) in [6.45, 7) is 0. The number of sulfone groups is 1. The van der Waals surface area contributed by atoms with Crippen LogP contribution in [0.1, 0.15) is 17.2 Å². The summed E-state index contributed by atoms with van der Waals surface area (Å²) < 4.78 is 22.8. The average molecular weight is 228 g/mol. The van der Waals surface area contributed by atoms with Crippen LogP contribution in [-0.2, 0) is 14.6 Å². The van der Waals surface area contributed by atoms with Crippen molar-refractivity contribution < 1.29 is 18.3 Å². The largest absolute Gasteiger partial charge is 0.481 e. The Balaban J connectivity index is 3.08. The average Bonchev–Trinajstić information content (AvgIpc) is 2.14. The van der Waals surface area contributed by atoms with Gasteiger partial charge in [0.1, 0.15) is 0 Å². The predicted molar refractivity (Wildman–Crippen MR) is 56.3 cm³/mol. The van der Waals surface area contributed by atoms with Crippen molar-refractivity contribution in [2.75, 3.05) is 6.26 Å². The van der Waals surface area contributed by atoms with Crippen LogP contribution in [0.15, 0.2) is 30.3 Å². The first-order valence-electron chi connectivity index (χ1n) is 4.37. The zero-order valence-corrected chi connectivity index (χ0v) is 9.07. The van der Waals surface area contributed by atoms with E-state index in [-0.39, 0.29) is 0 Å². The molecule has 4 nitrogen and oxygen atoms in total. The summed E-state index contributed by atoms with van der Waals surface area (Å²) in [4.78, 5) is 10.6. The number of carboxylic acid groups (broad SMARTS) is 1. The van der Waals surface area contributed by atoms with Crippen molar-refractivity contribution >= 4 is 15.8 Å². The summed E-state index contributed by atoms with van der Waals surface area (Å²) in [7, 11) is -3.39. The first kappa shape index (κ1) is 11.7. The van der Waals surface area contributed by atoms with Gasteiger partial charge in [-0.2, -0.15) is 0 Å². The fourth-order valence-corrected chi connectivity index (χ4v) is 2.44. The highest BCUT2D eigenvalue weighted by atomic mass is 32.2. The van der Waals surface area contributed by atoms with Gasteiger partial charge in [-0.05, 0) is 5.56 Å². The zero-order valence-electron chi connectivity index (χ0n) is 8.25. The third kappa shape index (κ3) is 3.36. The SMILES string of the molecule is CS(=O)(=O)C(CC(=O)O)c1ccccc1. The number of hydrogen-bond acceptors (Lipinski definition) is 3. The van der Waals surface area contributed by atoms with Crippen molar-refractivity contribution in [3.8, 4) is 0 Å². The monoisotopic (exact) mass is 228 g/mol. The zero-order chi connectivity index (χ0) is 11.5. The van der Waals surface area contributed by atoms with E-state index in [0.29, 0.717) is 5.56 Å². The molecule has 0 spiro atoms. The molecule has 0 saturated heterocycles. The molecule has 15 heavy (non-hydrogen) atoms. The van der Waals surface area contributed by atoms with E-state index in [1.54, 1.807) is 30.3 Å². The highest BCUT2D eigenvalue weighted by molar-refractivity contribution is 7.90. The molecule has 0 aliphatic carbocycles. The second-order valence-corrected chi connectivity index (χ2v) is 5.55. The molecule has 0 aliphatic rings. The van der Waals surface area contributed by atoms with Crippen molar-refractivity contribution in [2.45, 2.75) is 11.7 Å². The van der Waals surface area contributed by atoms with Crippen molar-refractivity contribution in [1.82, 2.24) is 0 Å². The molecule has 0 saturated carbocycles. The molecule has 5 heteroatoms. The third-order valence-corrected chi connectivity index (χ3v) is 3.52. The maximum absolute atomic E-state index is 11.4. The van der Waals surface area contributed by atoms with Crippen LogP contribution >= 0.6 is 0 Å². The molecule has 0 fully saturated rings. The van der Waals surface area contributed by atoms with Crippen LogP contribution < -0.4 is 0 Å². The molecule has 0 heterocycles. The van der Waals surface area contributed by atoms with Crippen molar-refractivity contribution in [3.05, 3.63) is 35.9 Å². The van der Waals surface area contributed by atoms with Crippen molar-refractivity contribution in [2.24, 2.45) is 0 Å². The molecule has 0 aliphatic heterocycles. The lowest BCUT2D eigenvalue weighted by atomic mass is 10.1. The molecule has 82 valence electrons. The molecule has 1 rings (SSSR count). The van der Waals surface area contributed by atoms with Gasteiger partial charge in [0.2, 0.25) is 0 Å². The summed E-state index contributed by atoms with van der Waals surface area (Å²) in [6.07, 6.45) is 0.649. The molecular formula is C10H12O4S. The Kier molecular flexibility index (Phi) is 3.47. The lowest BCUT2D eigenvalue weighted by molar-refractivity contribution is -0.137. The number of benzene rings is 1. The van der Waals surface area contributed by atoms with Crippen molar-refractivity contribution in [1.29, 1.82) is 0 Å². The Morgan fingerprint density at radius 2 is 1.87 bits per heavy atom. The Bertz CT molecular complexity index is 436. The summed E-state index contributed by atoms with van der Waals surface area (Å²) >= 11 is 0. The van der Waals surface area contributed by atoms with Gasteiger partial charge in [-0.3, -0.25) is 4.79 Å². The topological polar surface area (TPSA) is 71.4 Å². The van der Waals surface area contributed by atoms with Crippen LogP contribution in [0.3, 0.4) is 0 Å². The maximum Gasteiger partial charge on any atom is 0.305 e. The molecule has 1 unspecified atom stereocenters. The lowest BCUT2D eigenvalue weighted by Gasteiger charge is -2.12. The fraction of sp³-hybridized carbons (Fsp3) is 0.300. The smallest absolute Gasteiger partial charge is 0.305 e. The van der Waals surface area contributed by atoms with Gasteiger partial charge < -0.3 is 5.11 Å². The lowest BCUT2D eigenvalue weighted by Crippen LogP contribution is -2.15. The van der Waals surface area contributed by atoms with Crippen LogP contribution in [0.5, 0.6) is 0 Å². The Morgan fingerprint density at radius 1 is 1.33 bits per heavy atom. The number of hydrogen-bond donors (Lipinski definition) is 1. The molecule has 1 atom stereocenters. The summed E-state index contributed by atoms with van der Waals surface area (Å²) in [5, 5.41) is 7.68. The molecule has 1 aromatic carbocycles. The second kappa shape index (κ2) is 4.44. The quantitative estimate of drug-likeness (QED) is 0.841. The van der Waals surface area contributed by atoms with Gasteiger partial charge in [0.15, 0.2) is 9.84 Å². The van der Waals surface area contributed by atoms with Crippen LogP contribution in [0, 0.1) is 0 Å².